The van der Waals surface area contributed by atoms with Gasteiger partial charge in [-0.2, -0.15) is 0 Å². The lowest BCUT2D eigenvalue weighted by Crippen LogP contribution is -2.31. The van der Waals surface area contributed by atoms with Crippen molar-refractivity contribution in [2.45, 2.75) is 25.7 Å². The molecule has 0 aliphatic rings. The number of hydrogen-bond donors (Lipinski definition) is 1. The van der Waals surface area contributed by atoms with E-state index >= 15 is 0 Å². The third-order valence-corrected chi connectivity index (χ3v) is 3.91. The predicted molar refractivity (Wildman–Crippen MR) is 69.8 cm³/mol. The molecule has 106 valence electrons. The van der Waals surface area contributed by atoms with Gasteiger partial charge in [-0.25, -0.2) is 17.9 Å². The van der Waals surface area contributed by atoms with E-state index in [2.05, 4.69) is 0 Å². The van der Waals surface area contributed by atoms with Crippen LogP contribution in [0.4, 0.5) is 4.39 Å². The number of nitrogens with zero attached hydrogens (tertiary/aromatic N) is 1. The molecule has 1 aromatic rings. The number of carbonyl (C=O) groups excluding carboxylic acids is 1. The molecule has 5 nitrogen and oxygen atoms in total. The summed E-state index contributed by atoms with van der Waals surface area (Å²) in [5, 5.41) is 5.04. The summed E-state index contributed by atoms with van der Waals surface area (Å²) in [5.41, 5.74) is -0.102. The molecule has 1 rings (SSSR count). The van der Waals surface area contributed by atoms with E-state index in [0.29, 0.717) is 13.1 Å². The second-order valence-electron chi connectivity index (χ2n) is 4.12. The smallest absolute Gasteiger partial charge is 0.256 e. The molecule has 0 radical (unpaired) electrons. The minimum absolute atomic E-state index is 0.177. The highest BCUT2D eigenvalue weighted by molar-refractivity contribution is 7.89. The van der Waals surface area contributed by atoms with Gasteiger partial charge < -0.3 is 4.90 Å². The quantitative estimate of drug-likeness (QED) is 0.905. The molecule has 2 N–H and O–H groups in total. The normalized spacial score (nSPS) is 11.4. The van der Waals surface area contributed by atoms with E-state index < -0.39 is 21.7 Å². The number of sulfonamides is 1. The van der Waals surface area contributed by atoms with Crippen molar-refractivity contribution >= 4 is 15.9 Å². The lowest BCUT2D eigenvalue weighted by molar-refractivity contribution is 0.0768. The fraction of sp³-hybridized carbons (Fsp3) is 0.417. The van der Waals surface area contributed by atoms with Gasteiger partial charge in [0.1, 0.15) is 5.82 Å². The van der Waals surface area contributed by atoms with Gasteiger partial charge in [-0.1, -0.05) is 0 Å². The van der Waals surface area contributed by atoms with Crippen LogP contribution in [0.15, 0.2) is 17.0 Å². The largest absolute Gasteiger partial charge is 0.339 e. The zero-order chi connectivity index (χ0) is 14.8. The van der Waals surface area contributed by atoms with E-state index in [0.717, 1.165) is 12.1 Å². The Kier molecular flexibility index (Phi) is 4.65. The fourth-order valence-corrected chi connectivity index (χ4v) is 2.59. The molecule has 19 heavy (non-hydrogen) atoms. The van der Waals surface area contributed by atoms with Gasteiger partial charge in [0, 0.05) is 13.1 Å². The average Bonchev–Trinajstić information content (AvgIpc) is 2.28. The minimum Gasteiger partial charge on any atom is -0.339 e. The second-order valence-corrected chi connectivity index (χ2v) is 5.65. The number of aryl methyl sites for hydroxylation is 1. The first-order valence-electron chi connectivity index (χ1n) is 5.84. The molecule has 0 bridgehead atoms. The van der Waals surface area contributed by atoms with Gasteiger partial charge in [0.2, 0.25) is 10.0 Å². The number of rotatable bonds is 4. The Labute approximate surface area is 112 Å². The zero-order valence-electron chi connectivity index (χ0n) is 11.1. The van der Waals surface area contributed by atoms with Crippen LogP contribution in [-0.2, 0) is 10.0 Å². The molecule has 1 aromatic carbocycles. The topological polar surface area (TPSA) is 80.5 Å². The molecule has 0 spiro atoms. The van der Waals surface area contributed by atoms with E-state index in [9.17, 15) is 17.6 Å². The van der Waals surface area contributed by atoms with Crippen molar-refractivity contribution in [3.05, 3.63) is 29.1 Å². The van der Waals surface area contributed by atoms with Crippen LogP contribution in [0, 0.1) is 12.7 Å². The monoisotopic (exact) mass is 288 g/mol. The van der Waals surface area contributed by atoms with Gasteiger partial charge in [-0.3, -0.25) is 4.79 Å². The molecular weight excluding hydrogens is 271 g/mol. The molecule has 0 saturated heterocycles. The Morgan fingerprint density at radius 2 is 1.84 bits per heavy atom. The van der Waals surface area contributed by atoms with Crippen molar-refractivity contribution in [2.75, 3.05) is 13.1 Å². The van der Waals surface area contributed by atoms with Crippen LogP contribution in [-0.4, -0.2) is 32.3 Å². The highest BCUT2D eigenvalue weighted by atomic mass is 32.2. The van der Waals surface area contributed by atoms with Gasteiger partial charge in [-0.05, 0) is 38.5 Å². The number of primary sulfonamides is 1. The Morgan fingerprint density at radius 3 is 2.26 bits per heavy atom. The molecular formula is C12H17FN2O3S. The molecule has 0 aliphatic heterocycles. The average molecular weight is 288 g/mol. The highest BCUT2D eigenvalue weighted by Gasteiger charge is 2.22. The number of benzene rings is 1. The fourth-order valence-electron chi connectivity index (χ4n) is 1.80. The Balaban J connectivity index is 3.41. The Hall–Kier alpha value is -1.47. The van der Waals surface area contributed by atoms with E-state index in [-0.39, 0.29) is 16.0 Å². The van der Waals surface area contributed by atoms with Crippen molar-refractivity contribution in [3.63, 3.8) is 0 Å². The number of carbonyl (C=O) groups is 1. The SMILES string of the molecule is CCN(CC)C(=O)c1cc(S(N)(=O)=O)c(C)cc1F. The highest BCUT2D eigenvalue weighted by Crippen LogP contribution is 2.20. The molecule has 7 heteroatoms. The Morgan fingerprint density at radius 1 is 1.32 bits per heavy atom. The molecule has 0 heterocycles. The summed E-state index contributed by atoms with van der Waals surface area (Å²) in [7, 11) is -3.98. The predicted octanol–water partition coefficient (Wildman–Crippen LogP) is 1.26. The third kappa shape index (κ3) is 3.30. The third-order valence-electron chi connectivity index (χ3n) is 2.85. The lowest BCUT2D eigenvalue weighted by atomic mass is 10.1. The first-order chi connectivity index (χ1) is 8.72. The molecule has 0 atom stereocenters. The maximum Gasteiger partial charge on any atom is 0.256 e. The summed E-state index contributed by atoms with van der Waals surface area (Å²) < 4.78 is 36.6. The summed E-state index contributed by atoms with van der Waals surface area (Å²) >= 11 is 0. The van der Waals surface area contributed by atoms with E-state index in [1.165, 1.54) is 11.8 Å². The summed E-state index contributed by atoms with van der Waals surface area (Å²) in [6, 6.07) is 2.01. The van der Waals surface area contributed by atoms with Crippen LogP contribution < -0.4 is 5.14 Å². The van der Waals surface area contributed by atoms with Crippen LogP contribution in [0.2, 0.25) is 0 Å². The van der Waals surface area contributed by atoms with E-state index in [1.807, 2.05) is 0 Å². The van der Waals surface area contributed by atoms with Gasteiger partial charge in [-0.15, -0.1) is 0 Å². The van der Waals surface area contributed by atoms with Crippen molar-refractivity contribution < 1.29 is 17.6 Å². The maximum absolute atomic E-state index is 13.8. The number of hydrogen-bond acceptors (Lipinski definition) is 3. The number of halogens is 1. The van der Waals surface area contributed by atoms with Crippen molar-refractivity contribution in [1.82, 2.24) is 4.90 Å². The number of amides is 1. The van der Waals surface area contributed by atoms with Gasteiger partial charge in [0.25, 0.3) is 5.91 Å². The van der Waals surface area contributed by atoms with E-state index in [4.69, 9.17) is 5.14 Å². The van der Waals surface area contributed by atoms with Crippen molar-refractivity contribution in [1.29, 1.82) is 0 Å². The molecule has 0 aliphatic carbocycles. The van der Waals surface area contributed by atoms with Crippen LogP contribution in [0.3, 0.4) is 0 Å². The summed E-state index contributed by atoms with van der Waals surface area (Å²) in [6.45, 7) is 5.76. The minimum atomic E-state index is -3.98. The summed E-state index contributed by atoms with van der Waals surface area (Å²) in [4.78, 5) is 13.2. The summed E-state index contributed by atoms with van der Waals surface area (Å²) in [6.07, 6.45) is 0. The van der Waals surface area contributed by atoms with Crippen LogP contribution in [0.5, 0.6) is 0 Å². The first-order valence-corrected chi connectivity index (χ1v) is 7.39. The van der Waals surface area contributed by atoms with E-state index in [1.54, 1.807) is 13.8 Å². The molecule has 1 amide bonds. The molecule has 0 saturated carbocycles. The van der Waals surface area contributed by atoms with Crippen LogP contribution in [0.25, 0.3) is 0 Å². The molecule has 0 aromatic heterocycles. The van der Waals surface area contributed by atoms with Crippen LogP contribution >= 0.6 is 0 Å². The number of nitrogens with two attached hydrogens (primary N) is 1. The first kappa shape index (κ1) is 15.6. The van der Waals surface area contributed by atoms with Gasteiger partial charge in [0.05, 0.1) is 10.5 Å². The molecule has 0 fully saturated rings. The van der Waals surface area contributed by atoms with Crippen molar-refractivity contribution in [2.24, 2.45) is 5.14 Å². The van der Waals surface area contributed by atoms with Gasteiger partial charge >= 0.3 is 0 Å². The summed E-state index contributed by atoms with van der Waals surface area (Å²) in [5.74, 6) is -1.30. The molecule has 0 unspecified atom stereocenters. The standard InChI is InChI=1S/C12H17FN2O3S/c1-4-15(5-2)12(16)9-7-11(19(14,17)18)8(3)6-10(9)13/h6-7H,4-5H2,1-3H3,(H2,14,17,18). The Bertz CT molecular complexity index is 595. The lowest BCUT2D eigenvalue weighted by Gasteiger charge is -2.19. The second kappa shape index (κ2) is 5.66. The van der Waals surface area contributed by atoms with Gasteiger partial charge in [0.15, 0.2) is 0 Å². The zero-order valence-corrected chi connectivity index (χ0v) is 11.9. The van der Waals surface area contributed by atoms with Crippen molar-refractivity contribution in [3.8, 4) is 0 Å². The maximum atomic E-state index is 13.8. The van der Waals surface area contributed by atoms with Crippen LogP contribution in [0.1, 0.15) is 29.8 Å².